The maximum absolute atomic E-state index is 13.6. The van der Waals surface area contributed by atoms with Crippen LogP contribution < -0.4 is 10.5 Å². The van der Waals surface area contributed by atoms with Crippen molar-refractivity contribution in [1.29, 1.82) is 0 Å². The van der Waals surface area contributed by atoms with E-state index < -0.39 is 26.7 Å². The van der Waals surface area contributed by atoms with Gasteiger partial charge in [0.25, 0.3) is 0 Å². The molecular weight excluding hydrogens is 433 g/mol. The first-order valence-corrected chi connectivity index (χ1v) is 11.0. The summed E-state index contributed by atoms with van der Waals surface area (Å²) in [6, 6.07) is 9.20. The van der Waals surface area contributed by atoms with Crippen LogP contribution in [0.5, 0.6) is 0 Å². The summed E-state index contributed by atoms with van der Waals surface area (Å²) in [7, 11) is -4.78. The predicted octanol–water partition coefficient (Wildman–Crippen LogP) is 2.67. The molecular formula is C19H19F3N6O2S. The Kier molecular flexibility index (Phi) is 5.54. The third-order valence-electron chi connectivity index (χ3n) is 5.35. The summed E-state index contributed by atoms with van der Waals surface area (Å²) in [6.07, 6.45) is -2.97. The van der Waals surface area contributed by atoms with Gasteiger partial charge in [-0.2, -0.15) is 18.4 Å². The number of halogens is 3. The van der Waals surface area contributed by atoms with Crippen LogP contribution in [-0.4, -0.2) is 42.1 Å². The highest BCUT2D eigenvalue weighted by Gasteiger charge is 2.39. The summed E-state index contributed by atoms with van der Waals surface area (Å²) in [5, 5.41) is 21.5. The highest BCUT2D eigenvalue weighted by molar-refractivity contribution is 7.89. The molecule has 0 amide bonds. The molecule has 1 aromatic heterocycles. The van der Waals surface area contributed by atoms with Gasteiger partial charge in [0.15, 0.2) is 0 Å². The molecule has 0 aliphatic carbocycles. The average Bonchev–Trinajstić information content (AvgIpc) is 3.27. The van der Waals surface area contributed by atoms with Gasteiger partial charge >= 0.3 is 6.18 Å². The quantitative estimate of drug-likeness (QED) is 0.559. The van der Waals surface area contributed by atoms with E-state index in [0.29, 0.717) is 17.5 Å². The number of rotatable bonds is 4. The topological polar surface area (TPSA) is 127 Å². The lowest BCUT2D eigenvalue weighted by atomic mass is 9.88. The van der Waals surface area contributed by atoms with Gasteiger partial charge in [-0.3, -0.25) is 0 Å². The molecule has 31 heavy (non-hydrogen) atoms. The molecule has 0 atom stereocenters. The minimum Gasteiger partial charge on any atom is -0.317 e. The van der Waals surface area contributed by atoms with Crippen molar-refractivity contribution >= 4 is 10.0 Å². The number of tetrazole rings is 1. The van der Waals surface area contributed by atoms with Gasteiger partial charge in [-0.05, 0) is 59.8 Å². The molecule has 164 valence electrons. The Labute approximate surface area is 176 Å². The second-order valence-electron chi connectivity index (χ2n) is 7.29. The summed E-state index contributed by atoms with van der Waals surface area (Å²) >= 11 is 0. The maximum Gasteiger partial charge on any atom is 0.417 e. The van der Waals surface area contributed by atoms with E-state index in [1.165, 1.54) is 6.07 Å². The van der Waals surface area contributed by atoms with Crippen LogP contribution in [0, 0.1) is 0 Å². The van der Waals surface area contributed by atoms with Crippen LogP contribution in [0.4, 0.5) is 13.2 Å². The summed E-state index contributed by atoms with van der Waals surface area (Å²) in [5.74, 6) is 0.0899. The van der Waals surface area contributed by atoms with Crippen LogP contribution in [0.15, 0.2) is 41.3 Å². The first kappa shape index (κ1) is 21.4. The third kappa shape index (κ3) is 4.31. The number of benzene rings is 2. The van der Waals surface area contributed by atoms with Gasteiger partial charge in [0.05, 0.1) is 11.1 Å². The van der Waals surface area contributed by atoms with Crippen molar-refractivity contribution in [2.24, 2.45) is 5.14 Å². The minimum atomic E-state index is -4.95. The van der Waals surface area contributed by atoms with Gasteiger partial charge in [-0.25, -0.2) is 13.6 Å². The van der Waals surface area contributed by atoms with Crippen LogP contribution >= 0.6 is 0 Å². The normalized spacial score (nSPS) is 15.9. The summed E-state index contributed by atoms with van der Waals surface area (Å²) in [4.78, 5) is -1.08. The third-order valence-corrected chi connectivity index (χ3v) is 6.34. The van der Waals surface area contributed by atoms with Crippen molar-refractivity contribution < 1.29 is 21.6 Å². The second kappa shape index (κ2) is 8.02. The fourth-order valence-corrected chi connectivity index (χ4v) is 4.90. The number of H-pyrrole nitrogens is 1. The van der Waals surface area contributed by atoms with Crippen molar-refractivity contribution in [3.8, 4) is 22.5 Å². The lowest BCUT2D eigenvalue weighted by Crippen LogP contribution is -2.26. The van der Waals surface area contributed by atoms with Crippen LogP contribution in [0.1, 0.15) is 29.9 Å². The van der Waals surface area contributed by atoms with E-state index in [1.54, 1.807) is 12.1 Å². The molecule has 1 aliphatic rings. The van der Waals surface area contributed by atoms with Gasteiger partial charge in [0.2, 0.25) is 15.8 Å². The van der Waals surface area contributed by atoms with Crippen LogP contribution in [-0.2, 0) is 16.2 Å². The molecule has 4 N–H and O–H groups in total. The lowest BCUT2D eigenvalue weighted by molar-refractivity contribution is -0.139. The van der Waals surface area contributed by atoms with E-state index in [4.69, 9.17) is 5.14 Å². The molecule has 8 nitrogen and oxygen atoms in total. The predicted molar refractivity (Wildman–Crippen MR) is 106 cm³/mol. The Morgan fingerprint density at radius 1 is 1.03 bits per heavy atom. The number of nitrogens with zero attached hydrogens (tertiary/aromatic N) is 3. The van der Waals surface area contributed by atoms with Crippen molar-refractivity contribution in [2.45, 2.75) is 29.8 Å². The van der Waals surface area contributed by atoms with E-state index in [0.717, 1.165) is 31.5 Å². The number of sulfonamides is 1. The first-order chi connectivity index (χ1) is 14.7. The maximum atomic E-state index is 13.6. The van der Waals surface area contributed by atoms with Crippen molar-refractivity contribution in [2.75, 3.05) is 13.1 Å². The molecule has 3 aromatic rings. The standard InChI is InChI=1S/C19H19F3N6O2S/c20-19(21,22)15-6-5-14(16(17(15)31(23,29)30)18-25-27-28-26-18)13-3-1-11(2-4-13)12-7-9-24-10-8-12/h1-6,12,24H,7-10H2,(H2,23,29,30)(H,25,26,27,28). The molecule has 0 spiro atoms. The second-order valence-corrected chi connectivity index (χ2v) is 8.79. The smallest absolute Gasteiger partial charge is 0.317 e. The number of hydrogen-bond acceptors (Lipinski definition) is 6. The Morgan fingerprint density at radius 2 is 1.71 bits per heavy atom. The summed E-state index contributed by atoms with van der Waals surface area (Å²) < 4.78 is 65.3. The monoisotopic (exact) mass is 452 g/mol. The zero-order chi connectivity index (χ0) is 22.2. The molecule has 1 saturated heterocycles. The average molecular weight is 452 g/mol. The number of hydrogen-bond donors (Lipinski definition) is 3. The Balaban J connectivity index is 1.90. The molecule has 0 bridgehead atoms. The molecule has 4 rings (SSSR count). The Hall–Kier alpha value is -2.83. The van der Waals surface area contributed by atoms with Gasteiger partial charge in [0, 0.05) is 0 Å². The lowest BCUT2D eigenvalue weighted by Gasteiger charge is -2.23. The molecule has 1 aliphatic heterocycles. The molecule has 2 aromatic carbocycles. The van der Waals surface area contributed by atoms with E-state index >= 15 is 0 Å². The van der Waals surface area contributed by atoms with Gasteiger partial charge in [-0.15, -0.1) is 10.2 Å². The number of nitrogens with one attached hydrogen (secondary N) is 2. The zero-order valence-corrected chi connectivity index (χ0v) is 17.0. The van der Waals surface area contributed by atoms with Crippen LogP contribution in [0.2, 0.25) is 0 Å². The van der Waals surface area contributed by atoms with Gasteiger partial charge in [-0.1, -0.05) is 30.3 Å². The molecule has 0 unspecified atom stereocenters. The molecule has 12 heteroatoms. The highest BCUT2D eigenvalue weighted by atomic mass is 32.2. The fourth-order valence-electron chi connectivity index (χ4n) is 3.92. The van der Waals surface area contributed by atoms with E-state index in [2.05, 4.69) is 25.9 Å². The number of alkyl halides is 3. The fraction of sp³-hybridized carbons (Fsp3) is 0.316. The molecule has 0 radical (unpaired) electrons. The number of aromatic amines is 1. The SMILES string of the molecule is NS(=O)(=O)c1c(C(F)(F)F)ccc(-c2ccc(C3CCNCC3)cc2)c1-c1nn[nH]n1. The summed E-state index contributed by atoms with van der Waals surface area (Å²) in [6.45, 7) is 1.84. The number of nitrogens with two attached hydrogens (primary N) is 1. The number of primary sulfonamides is 1. The molecule has 0 saturated carbocycles. The van der Waals surface area contributed by atoms with Crippen molar-refractivity contribution in [1.82, 2.24) is 25.9 Å². The summed E-state index contributed by atoms with van der Waals surface area (Å²) in [5.41, 5.74) is 0.0990. The number of piperidine rings is 1. The van der Waals surface area contributed by atoms with E-state index in [1.807, 2.05) is 12.1 Å². The Morgan fingerprint density at radius 3 is 2.26 bits per heavy atom. The van der Waals surface area contributed by atoms with Crippen molar-refractivity contribution in [3.05, 3.63) is 47.5 Å². The van der Waals surface area contributed by atoms with Crippen LogP contribution in [0.25, 0.3) is 22.5 Å². The van der Waals surface area contributed by atoms with Gasteiger partial charge in [0.1, 0.15) is 4.90 Å². The number of aromatic nitrogens is 4. The largest absolute Gasteiger partial charge is 0.417 e. The highest BCUT2D eigenvalue weighted by Crippen LogP contribution is 2.43. The first-order valence-electron chi connectivity index (χ1n) is 9.48. The van der Waals surface area contributed by atoms with Crippen LogP contribution in [0.3, 0.4) is 0 Å². The van der Waals surface area contributed by atoms with Gasteiger partial charge < -0.3 is 5.32 Å². The molecule has 1 fully saturated rings. The molecule has 2 heterocycles. The van der Waals surface area contributed by atoms with Crippen molar-refractivity contribution in [3.63, 3.8) is 0 Å². The van der Waals surface area contributed by atoms with E-state index in [9.17, 15) is 21.6 Å². The van der Waals surface area contributed by atoms with E-state index in [-0.39, 0.29) is 17.0 Å². The Bertz CT molecular complexity index is 1170. The zero-order valence-electron chi connectivity index (χ0n) is 16.1. The minimum absolute atomic E-state index is 0.204.